The smallest absolute Gasteiger partial charge is 0.141 e. The van der Waals surface area contributed by atoms with Crippen molar-refractivity contribution in [2.75, 3.05) is 0 Å². The van der Waals surface area contributed by atoms with E-state index in [-0.39, 0.29) is 121 Å². The number of pyridine rings is 1. The van der Waals surface area contributed by atoms with Crippen molar-refractivity contribution >= 4 is 34.0 Å². The van der Waals surface area contributed by atoms with Gasteiger partial charge in [-0.2, -0.15) is 29.5 Å². The molecule has 16 nitrogen and oxygen atoms in total. The minimum atomic E-state index is 0. The van der Waals surface area contributed by atoms with E-state index in [1.54, 1.807) is 77.5 Å². The first kappa shape index (κ1) is 85.6. The largest absolute Gasteiger partial charge is 0.535 e. The molecule has 0 N–H and O–H groups in total. The van der Waals surface area contributed by atoms with Crippen molar-refractivity contribution in [2.24, 2.45) is 35.2 Å². The maximum absolute atomic E-state index is 5.42. The molecule has 0 amide bonds. The van der Waals surface area contributed by atoms with E-state index >= 15 is 0 Å². The van der Waals surface area contributed by atoms with Crippen LogP contribution in [0.25, 0.3) is 134 Å². The summed E-state index contributed by atoms with van der Waals surface area (Å²) in [4.78, 5) is 30.7. The molecule has 5 aromatic carbocycles. The number of imidazole rings is 2. The zero-order valence-electron chi connectivity index (χ0n) is 57.4. The Hall–Kier alpha value is -8.65. The fourth-order valence-corrected chi connectivity index (χ4v) is 13.2. The Balaban J connectivity index is 0.000000177. The SMILES string of the molecule is Cn1[c-]c(-c2ncco2)c(-c2ccncc2)c1.Cn1c[c-]c(-c2nccs2)c1-c1ccccc1.Cn1ccnc1-c1[c-]cn(C)c1-c1ccccc1.Cn1ccnc1-c1[c-]scc1-c1ccccc1.[Ir].[Ir].[Ir].[Ir].[Ir].[Ir].[c-]1coc(-c2ccccc2)c1-c1ncco1.[c-]1csc(-c2ccccc2)c1-c1ncco1. The van der Waals surface area contributed by atoms with E-state index in [0.717, 1.165) is 83.1 Å². The fraction of sp³-hybridized carbons (Fsp3) is 0.0610. The van der Waals surface area contributed by atoms with Crippen LogP contribution in [0.5, 0.6) is 0 Å². The predicted molar refractivity (Wildman–Crippen MR) is 399 cm³/mol. The van der Waals surface area contributed by atoms with Gasteiger partial charge in [0, 0.05) is 206 Å². The normalized spacial score (nSPS) is 10.0. The minimum absolute atomic E-state index is 0. The van der Waals surface area contributed by atoms with E-state index < -0.39 is 0 Å². The number of nitrogens with zero attached hydrogens (tertiary/aromatic N) is 12. The number of thiazole rings is 1. The summed E-state index contributed by atoms with van der Waals surface area (Å²) >= 11 is 4.88. The zero-order valence-corrected chi connectivity index (χ0v) is 74.2. The second kappa shape index (κ2) is 42.8. The van der Waals surface area contributed by atoms with Gasteiger partial charge in [-0.15, -0.1) is 45.5 Å². The summed E-state index contributed by atoms with van der Waals surface area (Å²) in [7, 11) is 10.00. The summed E-state index contributed by atoms with van der Waals surface area (Å²) in [6, 6.07) is 67.7. The van der Waals surface area contributed by atoms with Gasteiger partial charge in [-0.1, -0.05) is 242 Å². The first-order valence-electron chi connectivity index (χ1n) is 31.7. The molecule has 0 bridgehead atoms. The molecule has 18 rings (SSSR count). The molecule has 552 valence electrons. The van der Waals surface area contributed by atoms with Crippen LogP contribution in [0.15, 0.2) is 303 Å². The van der Waals surface area contributed by atoms with Crippen LogP contribution in [0.2, 0.25) is 0 Å². The van der Waals surface area contributed by atoms with Crippen LogP contribution in [0.1, 0.15) is 0 Å². The number of hydrogen-bond donors (Lipinski definition) is 0. The van der Waals surface area contributed by atoms with Crippen molar-refractivity contribution in [3.63, 3.8) is 0 Å². The van der Waals surface area contributed by atoms with Gasteiger partial charge in [-0.25, -0.2) is 11.3 Å². The molecule has 0 aliphatic carbocycles. The maximum atomic E-state index is 5.42. The third kappa shape index (κ3) is 21.4. The molecule has 13 aromatic heterocycles. The van der Waals surface area contributed by atoms with E-state index in [2.05, 4.69) is 146 Å². The first-order valence-corrected chi connectivity index (χ1v) is 34.3. The van der Waals surface area contributed by atoms with Gasteiger partial charge in [-0.3, -0.25) is 36.3 Å². The van der Waals surface area contributed by atoms with Crippen molar-refractivity contribution in [2.45, 2.75) is 0 Å². The molecule has 107 heavy (non-hydrogen) atoms. The number of aryl methyl sites for hydroxylation is 5. The predicted octanol–water partition coefficient (Wildman–Crippen LogP) is 19.9. The summed E-state index contributed by atoms with van der Waals surface area (Å²) in [6.45, 7) is 0. The average molecular weight is 2530 g/mol. The summed E-state index contributed by atoms with van der Waals surface area (Å²) in [6.07, 6.45) is 33.0. The third-order valence-electron chi connectivity index (χ3n) is 15.6. The van der Waals surface area contributed by atoms with Gasteiger partial charge in [0.2, 0.25) is 0 Å². The molecule has 0 unspecified atom stereocenters. The van der Waals surface area contributed by atoms with Crippen LogP contribution in [0.3, 0.4) is 0 Å². The van der Waals surface area contributed by atoms with Crippen molar-refractivity contribution in [3.05, 3.63) is 321 Å². The van der Waals surface area contributed by atoms with E-state index in [1.165, 1.54) is 46.0 Å². The van der Waals surface area contributed by atoms with Gasteiger partial charge in [0.25, 0.3) is 0 Å². The molecule has 0 spiro atoms. The molecule has 18 aromatic rings. The van der Waals surface area contributed by atoms with E-state index in [1.807, 2.05) is 212 Å². The van der Waals surface area contributed by atoms with Crippen molar-refractivity contribution in [1.29, 1.82) is 0 Å². The molecule has 0 saturated heterocycles. The molecule has 13 heterocycles. The summed E-state index contributed by atoms with van der Waals surface area (Å²) in [5, 5.41) is 10.4. The van der Waals surface area contributed by atoms with Crippen LogP contribution in [-0.2, 0) is 156 Å². The molecule has 6 radical (unpaired) electrons. The van der Waals surface area contributed by atoms with Crippen LogP contribution in [0.4, 0.5) is 0 Å². The van der Waals surface area contributed by atoms with Crippen LogP contribution >= 0.6 is 34.0 Å². The fourth-order valence-electron chi connectivity index (χ4n) is 10.9. The summed E-state index contributed by atoms with van der Waals surface area (Å²) in [5.41, 5.74) is 17.1. The van der Waals surface area contributed by atoms with E-state index in [4.69, 9.17) is 17.7 Å². The topological polar surface area (TPSA) is 167 Å². The molecule has 0 aliphatic rings. The van der Waals surface area contributed by atoms with Gasteiger partial charge in [0.1, 0.15) is 17.7 Å². The maximum Gasteiger partial charge on any atom is 0.141 e. The van der Waals surface area contributed by atoms with E-state index in [0.29, 0.717) is 17.7 Å². The average Bonchev–Trinajstić information content (AvgIpc) is 1.67. The van der Waals surface area contributed by atoms with Crippen molar-refractivity contribution < 1.29 is 138 Å². The van der Waals surface area contributed by atoms with Gasteiger partial charge in [0.15, 0.2) is 0 Å². The monoisotopic (exact) mass is 2530 g/mol. The molecule has 0 aliphatic heterocycles. The molecule has 0 fully saturated rings. The van der Waals surface area contributed by atoms with Crippen LogP contribution in [0, 0.1) is 35.8 Å². The minimum Gasteiger partial charge on any atom is -0.535 e. The Labute approximate surface area is 713 Å². The zero-order chi connectivity index (χ0) is 69.1. The quantitative estimate of drug-likeness (QED) is 0.107. The Morgan fingerprint density at radius 2 is 0.850 bits per heavy atom. The number of rotatable bonds is 12. The number of benzene rings is 5. The number of aromatic nitrogens is 12. The van der Waals surface area contributed by atoms with Gasteiger partial charge < -0.3 is 50.5 Å². The second-order valence-corrected chi connectivity index (χ2v) is 24.7. The molecule has 25 heteroatoms. The summed E-state index contributed by atoms with van der Waals surface area (Å²) in [5.74, 6) is 4.35. The van der Waals surface area contributed by atoms with Crippen LogP contribution < -0.4 is 0 Å². The van der Waals surface area contributed by atoms with Gasteiger partial charge >= 0.3 is 0 Å². The van der Waals surface area contributed by atoms with E-state index in [9.17, 15) is 0 Å². The Morgan fingerprint density at radius 3 is 1.36 bits per heavy atom. The van der Waals surface area contributed by atoms with Crippen LogP contribution in [-0.4, -0.2) is 57.7 Å². The Bertz CT molecular complexity index is 5300. The van der Waals surface area contributed by atoms with Gasteiger partial charge in [0.05, 0.1) is 30.8 Å². The number of oxazole rings is 3. The van der Waals surface area contributed by atoms with Gasteiger partial charge in [-0.05, 0) is 51.3 Å². The number of hydrogen-bond acceptors (Lipinski definition) is 14. The number of furan rings is 1. The Morgan fingerprint density at radius 1 is 0.374 bits per heavy atom. The molecule has 0 atom stereocenters. The third-order valence-corrected chi connectivity index (χ3v) is 18.0. The molecular formula is C82H62Ir6N12O4S3-6. The molecular weight excluding hydrogens is 2470 g/mol. The second-order valence-electron chi connectivity index (χ2n) is 22.3. The van der Waals surface area contributed by atoms with Crippen molar-refractivity contribution in [3.8, 4) is 134 Å². The summed E-state index contributed by atoms with van der Waals surface area (Å²) < 4.78 is 31.4. The molecule has 0 saturated carbocycles. The van der Waals surface area contributed by atoms with Crippen molar-refractivity contribution in [1.82, 2.24) is 57.7 Å². The Kier molecular flexibility index (Phi) is 34.2. The standard InChI is InChI=1S/C15H14N3.2C14H11N2S.C13H10N3O.C13H8NO2.C13H8NOS.6Ir/c1-17-10-8-13(15-16-9-11-18(15)2)14(17)12-6-4-3-5-7-12;1-16-9-7-12(14-15-8-10-17-14)13(16)11-5-3-2-4-6-11;1-16-8-7-15-14(16)13-10-17-9-12(13)11-5-3-2-4-6-11;1-16-8-11(10-2-4-14-5-3-10)12(9-16)13-15-6-7-17-13;1-2-4-10(5-3-1)12-11(6-8-15-12)13-14-7-9-16-13;1-2-4-10(5-3-1)12-11(6-9-16-12)13-14-7-8-15-13;;;;;;/h3-7,9-11H,1-2H3;2-6,8-10H,1H3;2-9H,1H3;2-8H,1H3;2*1-5,7-9H;;;;;;/q6*-1;;;;;;. The number of thiophene rings is 2. The first-order chi connectivity index (χ1) is 49.7.